The van der Waals surface area contributed by atoms with E-state index in [-0.39, 0.29) is 29.4 Å². The molecule has 2 atom stereocenters. The van der Waals surface area contributed by atoms with E-state index < -0.39 is 0 Å². The maximum Gasteiger partial charge on any atom is 0.407 e. The van der Waals surface area contributed by atoms with Crippen molar-refractivity contribution in [1.82, 2.24) is 15.1 Å². The van der Waals surface area contributed by atoms with E-state index in [4.69, 9.17) is 15.2 Å². The summed E-state index contributed by atoms with van der Waals surface area (Å²) >= 11 is 0. The number of hydrogen-bond donors (Lipinski definition) is 2. The molecule has 7 heteroatoms. The van der Waals surface area contributed by atoms with Crippen LogP contribution < -0.4 is 11.1 Å². The van der Waals surface area contributed by atoms with Crippen LogP contribution in [0.1, 0.15) is 58.8 Å². The predicted molar refractivity (Wildman–Crippen MR) is 86.0 cm³/mol. The summed E-state index contributed by atoms with van der Waals surface area (Å²) in [6.45, 7) is 8.54. The summed E-state index contributed by atoms with van der Waals surface area (Å²) in [5, 5.41) is 7.45. The average molecular weight is 322 g/mol. The number of nitrogens with zero attached hydrogens (tertiary/aromatic N) is 2. The van der Waals surface area contributed by atoms with Crippen molar-refractivity contribution >= 4 is 11.9 Å². The summed E-state index contributed by atoms with van der Waals surface area (Å²) in [7, 11) is 0. The molecule has 3 N–H and O–H groups in total. The van der Waals surface area contributed by atoms with Crippen LogP contribution in [-0.4, -0.2) is 34.1 Å². The lowest BCUT2D eigenvalue weighted by atomic mass is 10.1. The van der Waals surface area contributed by atoms with Gasteiger partial charge < -0.3 is 20.5 Å². The molecule has 1 aromatic heterocycles. The number of hydrogen-bond acceptors (Lipinski definition) is 5. The molecular formula is C16H26N4O3. The Morgan fingerprint density at radius 2 is 2.22 bits per heavy atom. The number of ether oxygens (including phenoxy) is 2. The Bertz CT molecular complexity index is 601. The number of rotatable bonds is 3. The Morgan fingerprint density at radius 1 is 1.52 bits per heavy atom. The molecule has 0 radical (unpaired) electrons. The summed E-state index contributed by atoms with van der Waals surface area (Å²) in [5.41, 5.74) is 6.57. The molecular weight excluding hydrogens is 296 g/mol. The standard InChI is InChI=1S/C16H26N4O3/c1-15(2,3)20-13(17)8-11(19-20)12-7-10(9-22-12)23-14(21)18-16(4)5-6-16/h8,10,12H,5-7,9,17H2,1-4H3,(H,18,21)/t10-,12-/m1/s1. The second-order valence-electron chi connectivity index (χ2n) is 7.85. The van der Waals surface area contributed by atoms with Crippen LogP contribution in [0.15, 0.2) is 6.07 Å². The Kier molecular flexibility index (Phi) is 3.78. The first-order valence-corrected chi connectivity index (χ1v) is 8.13. The van der Waals surface area contributed by atoms with Gasteiger partial charge in [-0.15, -0.1) is 0 Å². The van der Waals surface area contributed by atoms with Gasteiger partial charge in [-0.2, -0.15) is 5.10 Å². The van der Waals surface area contributed by atoms with Crippen molar-refractivity contribution in [3.63, 3.8) is 0 Å². The average Bonchev–Trinajstić information content (AvgIpc) is 2.86. The lowest BCUT2D eigenvalue weighted by Crippen LogP contribution is -2.37. The van der Waals surface area contributed by atoms with E-state index in [1.807, 2.05) is 33.8 Å². The first-order valence-electron chi connectivity index (χ1n) is 8.13. The minimum Gasteiger partial charge on any atom is -0.444 e. The van der Waals surface area contributed by atoms with Crippen LogP contribution in [0, 0.1) is 0 Å². The first kappa shape index (κ1) is 16.1. The fourth-order valence-corrected chi connectivity index (χ4v) is 2.74. The minimum absolute atomic E-state index is 0.0735. The third-order valence-electron chi connectivity index (χ3n) is 4.36. The zero-order chi connectivity index (χ0) is 16.8. The zero-order valence-electron chi connectivity index (χ0n) is 14.3. The summed E-state index contributed by atoms with van der Waals surface area (Å²) in [6.07, 6.45) is 1.83. The maximum absolute atomic E-state index is 11.9. The molecule has 1 aromatic rings. The topological polar surface area (TPSA) is 91.4 Å². The normalized spacial score (nSPS) is 26.1. The number of anilines is 1. The van der Waals surface area contributed by atoms with Crippen LogP contribution in [0.2, 0.25) is 0 Å². The van der Waals surface area contributed by atoms with Crippen LogP contribution in [0.5, 0.6) is 0 Å². The van der Waals surface area contributed by atoms with Crippen LogP contribution in [0.3, 0.4) is 0 Å². The molecule has 1 saturated carbocycles. The molecule has 128 valence electrons. The Morgan fingerprint density at radius 3 is 2.78 bits per heavy atom. The molecule has 3 rings (SSSR count). The second-order valence-corrected chi connectivity index (χ2v) is 7.85. The van der Waals surface area contributed by atoms with E-state index in [9.17, 15) is 4.79 Å². The Labute approximate surface area is 136 Å². The molecule has 23 heavy (non-hydrogen) atoms. The quantitative estimate of drug-likeness (QED) is 0.891. The van der Waals surface area contributed by atoms with Crippen molar-refractivity contribution in [2.75, 3.05) is 12.3 Å². The van der Waals surface area contributed by atoms with Crippen molar-refractivity contribution in [2.45, 2.75) is 70.2 Å². The molecule has 7 nitrogen and oxygen atoms in total. The number of carbonyl (C=O) groups is 1. The fourth-order valence-electron chi connectivity index (χ4n) is 2.74. The molecule has 0 unspecified atom stereocenters. The molecule has 0 spiro atoms. The van der Waals surface area contributed by atoms with Gasteiger partial charge in [0.2, 0.25) is 0 Å². The number of nitrogens with one attached hydrogen (secondary N) is 1. The number of nitrogens with two attached hydrogens (primary N) is 1. The van der Waals surface area contributed by atoms with E-state index in [1.54, 1.807) is 4.68 Å². The largest absolute Gasteiger partial charge is 0.444 e. The van der Waals surface area contributed by atoms with Crippen molar-refractivity contribution in [3.05, 3.63) is 11.8 Å². The molecule has 1 aliphatic carbocycles. The molecule has 2 aliphatic rings. The van der Waals surface area contributed by atoms with Crippen LogP contribution >= 0.6 is 0 Å². The molecule has 1 aliphatic heterocycles. The Hall–Kier alpha value is -1.76. The summed E-state index contributed by atoms with van der Waals surface area (Å²) < 4.78 is 13.0. The second kappa shape index (κ2) is 5.40. The van der Waals surface area contributed by atoms with Gasteiger partial charge in [0.1, 0.15) is 18.0 Å². The molecule has 0 bridgehead atoms. The van der Waals surface area contributed by atoms with Gasteiger partial charge in [-0.3, -0.25) is 0 Å². The minimum atomic E-state index is -0.362. The van der Waals surface area contributed by atoms with E-state index in [0.29, 0.717) is 18.8 Å². The lowest BCUT2D eigenvalue weighted by molar-refractivity contribution is 0.0672. The van der Waals surface area contributed by atoms with E-state index in [1.165, 1.54) is 0 Å². The van der Waals surface area contributed by atoms with E-state index in [2.05, 4.69) is 10.4 Å². The number of aromatic nitrogens is 2. The molecule has 2 heterocycles. The highest BCUT2D eigenvalue weighted by Gasteiger charge is 2.40. The molecule has 0 aromatic carbocycles. The first-order chi connectivity index (χ1) is 10.7. The van der Waals surface area contributed by atoms with Gasteiger partial charge in [-0.25, -0.2) is 9.48 Å². The predicted octanol–water partition coefficient (Wildman–Crippen LogP) is 2.33. The third-order valence-corrected chi connectivity index (χ3v) is 4.36. The molecule has 2 fully saturated rings. The van der Waals surface area contributed by atoms with Crippen molar-refractivity contribution in [2.24, 2.45) is 0 Å². The van der Waals surface area contributed by atoms with Gasteiger partial charge in [0.25, 0.3) is 0 Å². The highest BCUT2D eigenvalue weighted by molar-refractivity contribution is 5.69. The number of nitrogen functional groups attached to an aromatic ring is 1. The van der Waals surface area contributed by atoms with E-state index in [0.717, 1.165) is 18.5 Å². The van der Waals surface area contributed by atoms with Gasteiger partial charge in [-0.05, 0) is 40.5 Å². The fraction of sp³-hybridized carbons (Fsp3) is 0.750. The van der Waals surface area contributed by atoms with Gasteiger partial charge in [0.15, 0.2) is 0 Å². The number of carbonyl (C=O) groups excluding carboxylic acids is 1. The van der Waals surface area contributed by atoms with Crippen molar-refractivity contribution in [3.8, 4) is 0 Å². The zero-order valence-corrected chi connectivity index (χ0v) is 14.3. The highest BCUT2D eigenvalue weighted by atomic mass is 16.6. The van der Waals surface area contributed by atoms with Gasteiger partial charge >= 0.3 is 6.09 Å². The SMILES string of the molecule is CC1(NC(=O)O[C@H]2CO[C@@H](c3cc(N)n(C(C)(C)C)n3)C2)CC1. The highest BCUT2D eigenvalue weighted by Crippen LogP contribution is 2.35. The van der Waals surface area contributed by atoms with Gasteiger partial charge in [0, 0.05) is 18.0 Å². The number of alkyl carbamates (subject to hydrolysis) is 1. The van der Waals surface area contributed by atoms with E-state index >= 15 is 0 Å². The molecule has 1 saturated heterocycles. The van der Waals surface area contributed by atoms with Crippen LogP contribution in [-0.2, 0) is 15.0 Å². The Balaban J connectivity index is 1.58. The summed E-state index contributed by atoms with van der Waals surface area (Å²) in [5.74, 6) is 0.611. The van der Waals surface area contributed by atoms with Crippen molar-refractivity contribution in [1.29, 1.82) is 0 Å². The van der Waals surface area contributed by atoms with Crippen LogP contribution in [0.25, 0.3) is 0 Å². The third kappa shape index (κ3) is 3.60. The monoisotopic (exact) mass is 322 g/mol. The lowest BCUT2D eigenvalue weighted by Gasteiger charge is -2.20. The van der Waals surface area contributed by atoms with Crippen LogP contribution in [0.4, 0.5) is 10.6 Å². The number of amides is 1. The smallest absolute Gasteiger partial charge is 0.407 e. The van der Waals surface area contributed by atoms with Crippen molar-refractivity contribution < 1.29 is 14.3 Å². The van der Waals surface area contributed by atoms with Gasteiger partial charge in [0.05, 0.1) is 17.8 Å². The van der Waals surface area contributed by atoms with Gasteiger partial charge in [-0.1, -0.05) is 0 Å². The summed E-state index contributed by atoms with van der Waals surface area (Å²) in [6, 6.07) is 1.84. The molecule has 1 amide bonds. The maximum atomic E-state index is 11.9. The summed E-state index contributed by atoms with van der Waals surface area (Å²) in [4.78, 5) is 11.9.